The Morgan fingerprint density at radius 1 is 1.04 bits per heavy atom. The Morgan fingerprint density at radius 3 is 2.78 bits per heavy atom. The summed E-state index contributed by atoms with van der Waals surface area (Å²) < 4.78 is 1.83. The number of hydrogen-bond donors (Lipinski definition) is 0. The number of aryl methyl sites for hydroxylation is 3. The Hall–Kier alpha value is -2.43. The predicted molar refractivity (Wildman–Crippen MR) is 90.8 cm³/mol. The van der Waals surface area contributed by atoms with Crippen LogP contribution in [0, 0.1) is 20.8 Å². The third kappa shape index (κ3) is 2.36. The van der Waals surface area contributed by atoms with Gasteiger partial charge in [-0.3, -0.25) is 0 Å². The van der Waals surface area contributed by atoms with Gasteiger partial charge in [0.15, 0.2) is 11.5 Å². The SMILES string of the molecule is Cc1ccc(C)c([C@@H]2CCCN2c2ccc3nnc(C)n3n2)c1. The molecule has 1 aliphatic heterocycles. The van der Waals surface area contributed by atoms with Gasteiger partial charge in [0.1, 0.15) is 5.82 Å². The number of fused-ring (bicyclic) bond motifs is 1. The van der Waals surface area contributed by atoms with Crippen molar-refractivity contribution in [3.63, 3.8) is 0 Å². The third-order valence-electron chi connectivity index (χ3n) is 4.75. The molecular weight excluding hydrogens is 286 g/mol. The highest BCUT2D eigenvalue weighted by molar-refractivity contribution is 5.49. The molecule has 1 aliphatic rings. The van der Waals surface area contributed by atoms with Crippen molar-refractivity contribution in [3.8, 4) is 0 Å². The van der Waals surface area contributed by atoms with Gasteiger partial charge >= 0.3 is 0 Å². The van der Waals surface area contributed by atoms with Crippen molar-refractivity contribution in [2.24, 2.45) is 0 Å². The smallest absolute Gasteiger partial charge is 0.178 e. The van der Waals surface area contributed by atoms with E-state index in [1.807, 2.05) is 17.5 Å². The second-order valence-electron chi connectivity index (χ2n) is 6.42. The maximum absolute atomic E-state index is 4.76. The normalized spacial score (nSPS) is 18.0. The van der Waals surface area contributed by atoms with Gasteiger partial charge in [-0.05, 0) is 56.9 Å². The van der Waals surface area contributed by atoms with Crippen molar-refractivity contribution in [2.75, 3.05) is 11.4 Å². The van der Waals surface area contributed by atoms with Crippen LogP contribution in [0.3, 0.4) is 0 Å². The molecule has 1 atom stereocenters. The summed E-state index contributed by atoms with van der Waals surface area (Å²) in [6.07, 6.45) is 2.37. The standard InChI is InChI=1S/C18H21N5/c1-12-6-7-13(2)15(11-12)16-5-4-10-22(16)18-9-8-17-20-19-14(3)23(17)21-18/h6-9,11,16H,4-5,10H2,1-3H3/t16-/m0/s1. The summed E-state index contributed by atoms with van der Waals surface area (Å²) in [6, 6.07) is 11.2. The summed E-state index contributed by atoms with van der Waals surface area (Å²) in [6.45, 7) is 7.33. The van der Waals surface area contributed by atoms with E-state index in [1.54, 1.807) is 0 Å². The first-order chi connectivity index (χ1) is 11.1. The molecule has 1 aromatic carbocycles. The third-order valence-corrected chi connectivity index (χ3v) is 4.75. The molecule has 0 unspecified atom stereocenters. The van der Waals surface area contributed by atoms with E-state index in [2.05, 4.69) is 53.2 Å². The average molecular weight is 307 g/mol. The Labute approximate surface area is 136 Å². The van der Waals surface area contributed by atoms with Crippen LogP contribution < -0.4 is 4.90 Å². The second-order valence-corrected chi connectivity index (χ2v) is 6.42. The molecular formula is C18H21N5. The zero-order valence-corrected chi connectivity index (χ0v) is 13.8. The van der Waals surface area contributed by atoms with E-state index in [9.17, 15) is 0 Å². The molecule has 3 heterocycles. The molecule has 5 nitrogen and oxygen atoms in total. The monoisotopic (exact) mass is 307 g/mol. The van der Waals surface area contributed by atoms with E-state index >= 15 is 0 Å². The maximum atomic E-state index is 4.76. The highest BCUT2D eigenvalue weighted by atomic mass is 15.4. The highest BCUT2D eigenvalue weighted by Crippen LogP contribution is 2.36. The summed E-state index contributed by atoms with van der Waals surface area (Å²) >= 11 is 0. The number of anilines is 1. The van der Waals surface area contributed by atoms with E-state index in [0.717, 1.165) is 23.8 Å². The Balaban J connectivity index is 1.76. The van der Waals surface area contributed by atoms with Gasteiger partial charge in [-0.1, -0.05) is 23.8 Å². The minimum absolute atomic E-state index is 0.400. The fourth-order valence-corrected chi connectivity index (χ4v) is 3.52. The van der Waals surface area contributed by atoms with Gasteiger partial charge < -0.3 is 4.90 Å². The first-order valence-corrected chi connectivity index (χ1v) is 8.16. The fourth-order valence-electron chi connectivity index (χ4n) is 3.52. The first-order valence-electron chi connectivity index (χ1n) is 8.16. The van der Waals surface area contributed by atoms with Crippen molar-refractivity contribution in [3.05, 3.63) is 52.8 Å². The predicted octanol–water partition coefficient (Wildman–Crippen LogP) is 3.39. The molecule has 0 bridgehead atoms. The fraction of sp³-hybridized carbons (Fsp3) is 0.389. The van der Waals surface area contributed by atoms with Crippen molar-refractivity contribution in [2.45, 2.75) is 39.7 Å². The lowest BCUT2D eigenvalue weighted by Crippen LogP contribution is -2.25. The van der Waals surface area contributed by atoms with Crippen molar-refractivity contribution in [1.82, 2.24) is 19.8 Å². The van der Waals surface area contributed by atoms with Crippen LogP contribution >= 0.6 is 0 Å². The number of rotatable bonds is 2. The number of hydrogen-bond acceptors (Lipinski definition) is 4. The van der Waals surface area contributed by atoms with Crippen LogP contribution in [-0.4, -0.2) is 26.4 Å². The van der Waals surface area contributed by atoms with Gasteiger partial charge in [-0.25, -0.2) is 0 Å². The van der Waals surface area contributed by atoms with Crippen LogP contribution in [0.15, 0.2) is 30.3 Å². The van der Waals surface area contributed by atoms with Crippen molar-refractivity contribution < 1.29 is 0 Å². The molecule has 0 N–H and O–H groups in total. The zero-order valence-electron chi connectivity index (χ0n) is 13.8. The number of benzene rings is 1. The van der Waals surface area contributed by atoms with E-state index in [4.69, 9.17) is 5.10 Å². The van der Waals surface area contributed by atoms with E-state index in [0.29, 0.717) is 6.04 Å². The molecule has 0 spiro atoms. The summed E-state index contributed by atoms with van der Waals surface area (Å²) in [5, 5.41) is 13.0. The van der Waals surface area contributed by atoms with Crippen LogP contribution in [0.1, 0.15) is 41.4 Å². The Kier molecular flexibility index (Phi) is 3.29. The van der Waals surface area contributed by atoms with Crippen LogP contribution in [0.25, 0.3) is 5.65 Å². The number of aromatic nitrogens is 4. The van der Waals surface area contributed by atoms with Gasteiger partial charge in [0.05, 0.1) is 6.04 Å². The molecule has 0 radical (unpaired) electrons. The summed E-state index contributed by atoms with van der Waals surface area (Å²) in [5.41, 5.74) is 4.89. The molecule has 4 rings (SSSR count). The van der Waals surface area contributed by atoms with Crippen LogP contribution in [0.5, 0.6) is 0 Å². The maximum Gasteiger partial charge on any atom is 0.178 e. The molecule has 118 valence electrons. The van der Waals surface area contributed by atoms with Crippen molar-refractivity contribution in [1.29, 1.82) is 0 Å². The molecule has 23 heavy (non-hydrogen) atoms. The Morgan fingerprint density at radius 2 is 1.91 bits per heavy atom. The molecule has 0 aliphatic carbocycles. The number of nitrogens with zero attached hydrogens (tertiary/aromatic N) is 5. The molecule has 1 saturated heterocycles. The lowest BCUT2D eigenvalue weighted by atomic mass is 9.97. The lowest BCUT2D eigenvalue weighted by molar-refractivity contribution is 0.695. The van der Waals surface area contributed by atoms with Crippen LogP contribution in [0.4, 0.5) is 5.82 Å². The van der Waals surface area contributed by atoms with Crippen molar-refractivity contribution >= 4 is 11.5 Å². The molecule has 0 saturated carbocycles. The topological polar surface area (TPSA) is 46.3 Å². The summed E-state index contributed by atoms with van der Waals surface area (Å²) in [7, 11) is 0. The van der Waals surface area contributed by atoms with Gasteiger partial charge in [-0.15, -0.1) is 15.3 Å². The molecule has 2 aromatic heterocycles. The van der Waals surface area contributed by atoms with Crippen LogP contribution in [0.2, 0.25) is 0 Å². The summed E-state index contributed by atoms with van der Waals surface area (Å²) in [5.74, 6) is 1.83. The van der Waals surface area contributed by atoms with Gasteiger partial charge in [0.25, 0.3) is 0 Å². The van der Waals surface area contributed by atoms with E-state index in [-0.39, 0.29) is 0 Å². The highest BCUT2D eigenvalue weighted by Gasteiger charge is 2.28. The van der Waals surface area contributed by atoms with E-state index in [1.165, 1.54) is 29.5 Å². The van der Waals surface area contributed by atoms with E-state index < -0.39 is 0 Å². The largest absolute Gasteiger partial charge is 0.348 e. The molecule has 3 aromatic rings. The molecule has 0 amide bonds. The van der Waals surface area contributed by atoms with Crippen LogP contribution in [-0.2, 0) is 0 Å². The molecule has 5 heteroatoms. The zero-order chi connectivity index (χ0) is 16.0. The van der Waals surface area contributed by atoms with Gasteiger partial charge in [0, 0.05) is 6.54 Å². The lowest BCUT2D eigenvalue weighted by Gasteiger charge is -2.27. The minimum Gasteiger partial charge on any atom is -0.348 e. The van der Waals surface area contributed by atoms with Gasteiger partial charge in [-0.2, -0.15) is 4.52 Å². The Bertz CT molecular complexity index is 867. The van der Waals surface area contributed by atoms with Gasteiger partial charge in [0.2, 0.25) is 0 Å². The second kappa shape index (κ2) is 5.33. The first kappa shape index (κ1) is 14.2. The summed E-state index contributed by atoms with van der Waals surface area (Å²) in [4.78, 5) is 2.42. The minimum atomic E-state index is 0.400. The average Bonchev–Trinajstić information content (AvgIpc) is 3.17. The quantitative estimate of drug-likeness (QED) is 0.728. The molecule has 1 fully saturated rings.